The normalized spacial score (nSPS) is 13.3. The highest BCUT2D eigenvalue weighted by atomic mass is 16.3. The van der Waals surface area contributed by atoms with Gasteiger partial charge in [-0.1, -0.05) is 176 Å². The highest BCUT2D eigenvalue weighted by Gasteiger charge is 2.51. The lowest BCUT2D eigenvalue weighted by atomic mass is 9.70. The number of hydrogen-bond acceptors (Lipinski definition) is 3. The summed E-state index contributed by atoms with van der Waals surface area (Å²) in [6.45, 7) is 0. The Bertz CT molecular complexity index is 4140. The first-order valence-electron chi connectivity index (χ1n) is 22.7. The van der Waals surface area contributed by atoms with Gasteiger partial charge < -0.3 is 13.7 Å². The Labute approximate surface area is 380 Å². The molecule has 15 rings (SSSR count). The van der Waals surface area contributed by atoms with Crippen LogP contribution in [0.5, 0.6) is 0 Å². The number of benzene rings is 11. The summed E-state index contributed by atoms with van der Waals surface area (Å²) in [4.78, 5) is 2.47. The second-order valence-corrected chi connectivity index (χ2v) is 17.9. The molecule has 13 aromatic rings. The van der Waals surface area contributed by atoms with Crippen LogP contribution in [0.15, 0.2) is 233 Å². The molecule has 0 radical (unpaired) electrons. The van der Waals surface area contributed by atoms with Gasteiger partial charge in [0.15, 0.2) is 0 Å². The summed E-state index contributed by atoms with van der Waals surface area (Å²) in [7, 11) is 0. The third kappa shape index (κ3) is 4.66. The molecule has 0 saturated heterocycles. The molecule has 2 aliphatic carbocycles. The minimum atomic E-state index is -0.503. The number of rotatable bonds is 4. The molecule has 0 N–H and O–H groups in total. The van der Waals surface area contributed by atoms with Crippen molar-refractivity contribution in [3.05, 3.63) is 247 Å². The number of anilines is 3. The van der Waals surface area contributed by atoms with E-state index in [0.717, 1.165) is 88.2 Å². The van der Waals surface area contributed by atoms with Crippen LogP contribution in [0, 0.1) is 0 Å². The van der Waals surface area contributed by atoms with Crippen molar-refractivity contribution in [2.75, 3.05) is 4.90 Å². The zero-order chi connectivity index (χ0) is 43.1. The molecule has 0 unspecified atom stereocenters. The largest absolute Gasteiger partial charge is 0.455 e. The van der Waals surface area contributed by atoms with Crippen LogP contribution < -0.4 is 4.90 Å². The van der Waals surface area contributed by atoms with E-state index in [4.69, 9.17) is 8.83 Å². The van der Waals surface area contributed by atoms with E-state index in [-0.39, 0.29) is 0 Å². The maximum atomic E-state index is 6.94. The molecule has 3 heteroatoms. The van der Waals surface area contributed by atoms with Crippen LogP contribution in [-0.4, -0.2) is 0 Å². The van der Waals surface area contributed by atoms with Gasteiger partial charge in [0.2, 0.25) is 0 Å². The molecule has 2 heterocycles. The first-order valence-corrected chi connectivity index (χ1v) is 22.7. The third-order valence-corrected chi connectivity index (χ3v) is 14.6. The van der Waals surface area contributed by atoms with E-state index in [0.29, 0.717) is 0 Å². The Morgan fingerprint density at radius 2 is 0.864 bits per heavy atom. The summed E-state index contributed by atoms with van der Waals surface area (Å²) in [6.07, 6.45) is 0. The van der Waals surface area contributed by atoms with Crippen molar-refractivity contribution in [2.45, 2.75) is 5.41 Å². The molecule has 11 aromatic carbocycles. The van der Waals surface area contributed by atoms with Crippen molar-refractivity contribution in [3.63, 3.8) is 0 Å². The average Bonchev–Trinajstić information content (AvgIpc) is 4.11. The highest BCUT2D eigenvalue weighted by molar-refractivity contribution is 6.20. The van der Waals surface area contributed by atoms with E-state index in [1.165, 1.54) is 49.9 Å². The fourth-order valence-corrected chi connectivity index (χ4v) is 11.9. The summed E-state index contributed by atoms with van der Waals surface area (Å²) in [5.74, 6) is 0. The van der Waals surface area contributed by atoms with Gasteiger partial charge in [-0.05, 0) is 109 Å². The minimum Gasteiger partial charge on any atom is -0.455 e. The van der Waals surface area contributed by atoms with Gasteiger partial charge in [-0.25, -0.2) is 0 Å². The van der Waals surface area contributed by atoms with E-state index in [2.05, 4.69) is 229 Å². The van der Waals surface area contributed by atoms with E-state index in [9.17, 15) is 0 Å². The topological polar surface area (TPSA) is 29.5 Å². The van der Waals surface area contributed by atoms with Crippen molar-refractivity contribution in [1.82, 2.24) is 0 Å². The molecule has 2 aliphatic rings. The molecule has 0 atom stereocenters. The number of fused-ring (bicyclic) bond motifs is 19. The predicted molar refractivity (Wildman–Crippen MR) is 272 cm³/mol. The van der Waals surface area contributed by atoms with Gasteiger partial charge >= 0.3 is 0 Å². The van der Waals surface area contributed by atoms with Gasteiger partial charge in [-0.3, -0.25) is 0 Å². The molecule has 2 aromatic heterocycles. The molecular formula is C63H37NO2. The average molecular weight is 840 g/mol. The van der Waals surface area contributed by atoms with Crippen LogP contribution >= 0.6 is 0 Å². The van der Waals surface area contributed by atoms with Crippen molar-refractivity contribution in [1.29, 1.82) is 0 Å². The van der Waals surface area contributed by atoms with E-state index in [1.54, 1.807) is 0 Å². The Morgan fingerprint density at radius 3 is 1.62 bits per heavy atom. The molecule has 0 amide bonds. The Hall–Kier alpha value is -8.66. The van der Waals surface area contributed by atoms with Crippen LogP contribution in [0.2, 0.25) is 0 Å². The lowest BCUT2D eigenvalue weighted by molar-refractivity contribution is 0.670. The van der Waals surface area contributed by atoms with Gasteiger partial charge in [0.25, 0.3) is 0 Å². The van der Waals surface area contributed by atoms with Gasteiger partial charge in [0.05, 0.1) is 22.2 Å². The number of hydrogen-bond donors (Lipinski definition) is 0. The minimum absolute atomic E-state index is 0.503. The summed E-state index contributed by atoms with van der Waals surface area (Å²) < 4.78 is 13.8. The molecule has 0 saturated carbocycles. The van der Waals surface area contributed by atoms with E-state index < -0.39 is 5.41 Å². The molecular weight excluding hydrogens is 803 g/mol. The first kappa shape index (κ1) is 35.8. The monoisotopic (exact) mass is 839 g/mol. The second-order valence-electron chi connectivity index (χ2n) is 17.9. The first-order chi connectivity index (χ1) is 32.7. The molecule has 0 aliphatic heterocycles. The second kappa shape index (κ2) is 13.2. The maximum Gasteiger partial charge on any atom is 0.143 e. The zero-order valence-electron chi connectivity index (χ0n) is 35.6. The number of furan rings is 2. The number of para-hydroxylation sites is 2. The Morgan fingerprint density at radius 1 is 0.303 bits per heavy atom. The van der Waals surface area contributed by atoms with E-state index in [1.807, 2.05) is 0 Å². The van der Waals surface area contributed by atoms with Gasteiger partial charge in [-0.15, -0.1) is 0 Å². The lowest BCUT2D eigenvalue weighted by Crippen LogP contribution is -2.26. The summed E-state index contributed by atoms with van der Waals surface area (Å²) in [6, 6.07) is 82.1. The van der Waals surface area contributed by atoms with Gasteiger partial charge in [0.1, 0.15) is 22.3 Å². The lowest BCUT2D eigenvalue weighted by Gasteiger charge is -2.33. The SMILES string of the molecule is c1ccc(N(c2ccc3c(c2)C2(c4ccccc4-c4ccccc42)c2ccccc2-3)c2cccc3oc4c5ccccc5ccc4c23)c(-c2cccc3c2oc2cc4ccccc4cc23)c1. The molecule has 1 spiro atoms. The standard InChI is InChI=1S/C63H37NO2/c1-2-17-40-36-59-51(35-39(40)16-1)49-24-13-23-48(62(49)66-59)47-22-8-12-28-56(47)64(57-29-14-30-58-60(57)50-33-31-38-15-3-4-18-42(38)61(50)65-58)41-32-34-46-45-21-7-11-27-54(45)63(55(46)37-41)52-25-9-5-19-43(52)44-20-6-10-26-53(44)63/h1-37H. The van der Waals surface area contributed by atoms with Crippen LogP contribution in [0.25, 0.3) is 98.8 Å². The van der Waals surface area contributed by atoms with Crippen LogP contribution in [0.4, 0.5) is 17.1 Å². The quantitative estimate of drug-likeness (QED) is 0.177. The Kier molecular flexibility index (Phi) is 7.15. The third-order valence-electron chi connectivity index (χ3n) is 14.6. The van der Waals surface area contributed by atoms with Gasteiger partial charge in [0, 0.05) is 38.4 Å². The summed E-state index contributed by atoms with van der Waals surface area (Å²) in [5.41, 5.74) is 18.6. The molecule has 3 nitrogen and oxygen atoms in total. The van der Waals surface area contributed by atoms with Crippen molar-refractivity contribution in [2.24, 2.45) is 0 Å². The van der Waals surface area contributed by atoms with Crippen molar-refractivity contribution >= 4 is 82.5 Å². The van der Waals surface area contributed by atoms with Crippen LogP contribution in [0.3, 0.4) is 0 Å². The summed E-state index contributed by atoms with van der Waals surface area (Å²) >= 11 is 0. The Balaban J connectivity index is 1.04. The maximum absolute atomic E-state index is 6.94. The molecule has 0 fully saturated rings. The smallest absolute Gasteiger partial charge is 0.143 e. The number of nitrogens with zero attached hydrogens (tertiary/aromatic N) is 1. The van der Waals surface area contributed by atoms with E-state index >= 15 is 0 Å². The highest BCUT2D eigenvalue weighted by Crippen LogP contribution is 2.63. The molecule has 0 bridgehead atoms. The van der Waals surface area contributed by atoms with Crippen LogP contribution in [0.1, 0.15) is 22.3 Å². The van der Waals surface area contributed by atoms with Crippen LogP contribution in [-0.2, 0) is 5.41 Å². The van der Waals surface area contributed by atoms with Crippen molar-refractivity contribution < 1.29 is 8.83 Å². The van der Waals surface area contributed by atoms with Gasteiger partial charge in [-0.2, -0.15) is 0 Å². The zero-order valence-corrected chi connectivity index (χ0v) is 35.6. The summed E-state index contributed by atoms with van der Waals surface area (Å²) in [5, 5.41) is 8.97. The van der Waals surface area contributed by atoms with Crippen molar-refractivity contribution in [3.8, 4) is 33.4 Å². The predicted octanol–water partition coefficient (Wildman–Crippen LogP) is 17.3. The molecule has 66 heavy (non-hydrogen) atoms. The fourth-order valence-electron chi connectivity index (χ4n) is 11.9. The molecule has 306 valence electrons. The fraction of sp³-hybridized carbons (Fsp3) is 0.0159.